The summed E-state index contributed by atoms with van der Waals surface area (Å²) in [4.78, 5) is 12.2. The fraction of sp³-hybridized carbons (Fsp3) is 0.667. The molecular formula is C12H20N4OS. The molecular weight excluding hydrogens is 248 g/mol. The molecule has 6 heteroatoms. The monoisotopic (exact) mass is 268 g/mol. The van der Waals surface area contributed by atoms with E-state index in [-0.39, 0.29) is 0 Å². The van der Waals surface area contributed by atoms with Crippen LogP contribution in [0.15, 0.2) is 4.99 Å². The van der Waals surface area contributed by atoms with E-state index in [1.54, 1.807) is 11.3 Å². The lowest BCUT2D eigenvalue weighted by atomic mass is 10.3. The SMILES string of the molecule is Cc1nc(C)c(CCN=C(N)N2CCOCC2)s1. The molecule has 1 saturated heterocycles. The molecule has 0 radical (unpaired) electrons. The molecule has 0 bridgehead atoms. The van der Waals surface area contributed by atoms with Gasteiger partial charge in [-0.2, -0.15) is 0 Å². The van der Waals surface area contributed by atoms with E-state index in [0.717, 1.165) is 50.0 Å². The summed E-state index contributed by atoms with van der Waals surface area (Å²) in [6.45, 7) is 7.97. The number of hydrogen-bond acceptors (Lipinski definition) is 4. The van der Waals surface area contributed by atoms with Gasteiger partial charge in [-0.15, -0.1) is 11.3 Å². The van der Waals surface area contributed by atoms with E-state index in [9.17, 15) is 0 Å². The maximum absolute atomic E-state index is 5.96. The predicted octanol–water partition coefficient (Wildman–Crippen LogP) is 0.949. The fourth-order valence-electron chi connectivity index (χ4n) is 1.97. The third kappa shape index (κ3) is 3.43. The van der Waals surface area contributed by atoms with Crippen molar-refractivity contribution in [3.8, 4) is 0 Å². The quantitative estimate of drug-likeness (QED) is 0.655. The summed E-state index contributed by atoms with van der Waals surface area (Å²) in [5, 5.41) is 1.12. The molecule has 0 saturated carbocycles. The third-order valence-corrected chi connectivity index (χ3v) is 4.08. The lowest BCUT2D eigenvalue weighted by Gasteiger charge is -2.27. The van der Waals surface area contributed by atoms with Crippen LogP contribution in [-0.2, 0) is 11.2 Å². The number of aliphatic imine (C=N–C) groups is 1. The Morgan fingerprint density at radius 3 is 2.78 bits per heavy atom. The summed E-state index contributed by atoms with van der Waals surface area (Å²) in [5.74, 6) is 0.636. The van der Waals surface area contributed by atoms with Crippen LogP contribution in [0.4, 0.5) is 0 Å². The minimum absolute atomic E-state index is 0.636. The Morgan fingerprint density at radius 1 is 1.44 bits per heavy atom. The Bertz CT molecular complexity index is 424. The van der Waals surface area contributed by atoms with Crippen molar-refractivity contribution in [2.75, 3.05) is 32.8 Å². The van der Waals surface area contributed by atoms with E-state index in [1.165, 1.54) is 4.88 Å². The normalized spacial score (nSPS) is 17.2. The molecule has 2 heterocycles. The largest absolute Gasteiger partial charge is 0.378 e. The van der Waals surface area contributed by atoms with Crippen molar-refractivity contribution in [3.05, 3.63) is 15.6 Å². The molecule has 0 unspecified atom stereocenters. The van der Waals surface area contributed by atoms with Gasteiger partial charge in [-0.05, 0) is 13.8 Å². The van der Waals surface area contributed by atoms with Crippen LogP contribution in [0.3, 0.4) is 0 Å². The highest BCUT2D eigenvalue weighted by atomic mass is 32.1. The van der Waals surface area contributed by atoms with Gasteiger partial charge in [0.2, 0.25) is 0 Å². The number of morpholine rings is 1. The smallest absolute Gasteiger partial charge is 0.191 e. The van der Waals surface area contributed by atoms with Crippen molar-refractivity contribution in [3.63, 3.8) is 0 Å². The molecule has 1 aliphatic heterocycles. The third-order valence-electron chi connectivity index (χ3n) is 2.95. The Morgan fingerprint density at radius 2 is 2.17 bits per heavy atom. The number of aryl methyl sites for hydroxylation is 2. The Labute approximate surface area is 112 Å². The van der Waals surface area contributed by atoms with Gasteiger partial charge in [-0.3, -0.25) is 4.99 Å². The summed E-state index contributed by atoms with van der Waals surface area (Å²) in [7, 11) is 0. The van der Waals surface area contributed by atoms with E-state index in [4.69, 9.17) is 10.5 Å². The van der Waals surface area contributed by atoms with Crippen molar-refractivity contribution in [2.24, 2.45) is 10.7 Å². The molecule has 1 aliphatic rings. The predicted molar refractivity (Wildman–Crippen MR) is 74.2 cm³/mol. The molecule has 0 spiro atoms. The zero-order valence-corrected chi connectivity index (χ0v) is 11.8. The second kappa shape index (κ2) is 6.15. The number of nitrogens with two attached hydrogens (primary N) is 1. The van der Waals surface area contributed by atoms with E-state index in [1.807, 2.05) is 13.8 Å². The summed E-state index contributed by atoms with van der Waals surface area (Å²) < 4.78 is 5.28. The molecule has 1 aromatic rings. The lowest BCUT2D eigenvalue weighted by molar-refractivity contribution is 0.0674. The minimum atomic E-state index is 0.636. The highest BCUT2D eigenvalue weighted by Crippen LogP contribution is 2.17. The van der Waals surface area contributed by atoms with Gasteiger partial charge in [0, 0.05) is 30.9 Å². The van der Waals surface area contributed by atoms with Crippen LogP contribution in [0.1, 0.15) is 15.6 Å². The molecule has 0 aromatic carbocycles. The van der Waals surface area contributed by atoms with E-state index in [2.05, 4.69) is 14.9 Å². The maximum Gasteiger partial charge on any atom is 0.191 e. The van der Waals surface area contributed by atoms with E-state index >= 15 is 0 Å². The maximum atomic E-state index is 5.96. The number of ether oxygens (including phenoxy) is 1. The number of hydrogen-bond donors (Lipinski definition) is 1. The fourth-order valence-corrected chi connectivity index (χ4v) is 2.90. The first-order chi connectivity index (χ1) is 8.66. The van der Waals surface area contributed by atoms with Gasteiger partial charge in [0.15, 0.2) is 5.96 Å². The van der Waals surface area contributed by atoms with Crippen molar-refractivity contribution >= 4 is 17.3 Å². The highest BCUT2D eigenvalue weighted by molar-refractivity contribution is 7.11. The van der Waals surface area contributed by atoms with Crippen molar-refractivity contribution in [1.29, 1.82) is 0 Å². The Balaban J connectivity index is 1.84. The summed E-state index contributed by atoms with van der Waals surface area (Å²) in [6.07, 6.45) is 0.919. The van der Waals surface area contributed by atoms with Gasteiger partial charge in [0.25, 0.3) is 0 Å². The van der Waals surface area contributed by atoms with Crippen LogP contribution < -0.4 is 5.73 Å². The highest BCUT2D eigenvalue weighted by Gasteiger charge is 2.12. The standard InChI is InChI=1S/C12H20N4OS/c1-9-11(18-10(2)15-9)3-4-14-12(13)16-5-7-17-8-6-16/h3-8H2,1-2H3,(H2,13,14). The number of rotatable bonds is 3. The molecule has 0 atom stereocenters. The topological polar surface area (TPSA) is 63.7 Å². The first-order valence-corrected chi connectivity index (χ1v) is 7.04. The zero-order chi connectivity index (χ0) is 13.0. The van der Waals surface area contributed by atoms with Crippen molar-refractivity contribution in [1.82, 2.24) is 9.88 Å². The summed E-state index contributed by atoms with van der Waals surface area (Å²) >= 11 is 1.75. The van der Waals surface area contributed by atoms with Gasteiger partial charge in [0.1, 0.15) is 0 Å². The molecule has 1 fully saturated rings. The first-order valence-electron chi connectivity index (χ1n) is 6.22. The van der Waals surface area contributed by atoms with Crippen molar-refractivity contribution < 1.29 is 4.74 Å². The average molecular weight is 268 g/mol. The lowest BCUT2D eigenvalue weighted by Crippen LogP contribution is -2.44. The van der Waals surface area contributed by atoms with Crippen LogP contribution in [0.2, 0.25) is 0 Å². The summed E-state index contributed by atoms with van der Waals surface area (Å²) in [6, 6.07) is 0. The molecule has 0 amide bonds. The second-order valence-electron chi connectivity index (χ2n) is 4.33. The van der Waals surface area contributed by atoms with Crippen LogP contribution >= 0.6 is 11.3 Å². The Hall–Kier alpha value is -1.14. The van der Waals surface area contributed by atoms with E-state index < -0.39 is 0 Å². The number of nitrogens with zero attached hydrogens (tertiary/aromatic N) is 3. The molecule has 2 N–H and O–H groups in total. The summed E-state index contributed by atoms with van der Waals surface area (Å²) in [5.41, 5.74) is 7.09. The number of thiazole rings is 1. The van der Waals surface area contributed by atoms with Crippen LogP contribution in [0.5, 0.6) is 0 Å². The molecule has 2 rings (SSSR count). The minimum Gasteiger partial charge on any atom is -0.378 e. The number of guanidine groups is 1. The average Bonchev–Trinajstić information content (AvgIpc) is 2.69. The van der Waals surface area contributed by atoms with Crippen molar-refractivity contribution in [2.45, 2.75) is 20.3 Å². The van der Waals surface area contributed by atoms with Gasteiger partial charge in [-0.25, -0.2) is 4.98 Å². The van der Waals surface area contributed by atoms with Crippen LogP contribution in [-0.4, -0.2) is 48.7 Å². The van der Waals surface area contributed by atoms with E-state index in [0.29, 0.717) is 5.96 Å². The molecule has 100 valence electrons. The molecule has 5 nitrogen and oxygen atoms in total. The zero-order valence-electron chi connectivity index (χ0n) is 11.0. The van der Waals surface area contributed by atoms with Gasteiger partial charge in [-0.1, -0.05) is 0 Å². The van der Waals surface area contributed by atoms with Crippen LogP contribution in [0, 0.1) is 13.8 Å². The number of aromatic nitrogens is 1. The molecule has 0 aliphatic carbocycles. The second-order valence-corrected chi connectivity index (χ2v) is 5.62. The first kappa shape index (κ1) is 13.3. The van der Waals surface area contributed by atoms with Gasteiger partial charge < -0.3 is 15.4 Å². The Kier molecular flexibility index (Phi) is 4.54. The molecule has 1 aromatic heterocycles. The van der Waals surface area contributed by atoms with Gasteiger partial charge >= 0.3 is 0 Å². The van der Waals surface area contributed by atoms with Gasteiger partial charge in [0.05, 0.1) is 23.9 Å². The van der Waals surface area contributed by atoms with Crippen LogP contribution in [0.25, 0.3) is 0 Å². The molecule has 18 heavy (non-hydrogen) atoms.